The number of esters is 1. The van der Waals surface area contributed by atoms with Crippen molar-refractivity contribution in [2.24, 2.45) is 0 Å². The van der Waals surface area contributed by atoms with Crippen LogP contribution < -0.4 is 9.47 Å². The first kappa shape index (κ1) is 23.1. The first-order valence-electron chi connectivity index (χ1n) is 10.1. The van der Waals surface area contributed by atoms with Gasteiger partial charge in [0, 0.05) is 13.1 Å². The van der Waals surface area contributed by atoms with E-state index in [0.717, 1.165) is 5.75 Å². The number of hydrogen-bond donors (Lipinski definition) is 0. The molecule has 0 radical (unpaired) electrons. The molecule has 0 atom stereocenters. The van der Waals surface area contributed by atoms with E-state index in [0.29, 0.717) is 44.2 Å². The lowest BCUT2D eigenvalue weighted by Crippen LogP contribution is -2.40. The Labute approximate surface area is 182 Å². The smallest absolute Gasteiger partial charge is 0.338 e. The Morgan fingerprint density at radius 3 is 2.29 bits per heavy atom. The summed E-state index contributed by atoms with van der Waals surface area (Å²) in [5.74, 6) is 0.783. The quantitative estimate of drug-likeness (QED) is 0.429. The molecule has 0 unspecified atom stereocenters. The lowest BCUT2D eigenvalue weighted by molar-refractivity contribution is 0.0450. The molecule has 0 bridgehead atoms. The van der Waals surface area contributed by atoms with E-state index in [1.165, 1.54) is 10.4 Å². The highest BCUT2D eigenvalue weighted by Gasteiger charge is 2.28. The minimum Gasteiger partial charge on any atom is -0.494 e. The second-order valence-corrected chi connectivity index (χ2v) is 8.79. The Morgan fingerprint density at radius 1 is 1.00 bits per heavy atom. The molecule has 31 heavy (non-hydrogen) atoms. The molecule has 1 aliphatic heterocycles. The van der Waals surface area contributed by atoms with Crippen LogP contribution >= 0.6 is 0 Å². The summed E-state index contributed by atoms with van der Waals surface area (Å²) in [6, 6.07) is 11.7. The molecular formula is C22H27NO7S. The summed E-state index contributed by atoms with van der Waals surface area (Å²) in [7, 11) is -3.71. The van der Waals surface area contributed by atoms with Crippen LogP contribution in [0.4, 0.5) is 0 Å². The van der Waals surface area contributed by atoms with E-state index in [9.17, 15) is 13.2 Å². The molecule has 0 amide bonds. The van der Waals surface area contributed by atoms with Gasteiger partial charge in [-0.25, -0.2) is 13.2 Å². The fourth-order valence-electron chi connectivity index (χ4n) is 3.11. The third-order valence-electron chi connectivity index (χ3n) is 4.73. The van der Waals surface area contributed by atoms with Crippen molar-refractivity contribution >= 4 is 16.0 Å². The molecule has 8 nitrogen and oxygen atoms in total. The maximum Gasteiger partial charge on any atom is 0.338 e. The Kier molecular flexibility index (Phi) is 7.89. The van der Waals surface area contributed by atoms with Crippen LogP contribution in [0.5, 0.6) is 11.5 Å². The fourth-order valence-corrected chi connectivity index (χ4v) is 4.77. The third kappa shape index (κ3) is 5.96. The van der Waals surface area contributed by atoms with E-state index in [4.69, 9.17) is 18.9 Å². The molecule has 0 saturated carbocycles. The van der Waals surface area contributed by atoms with Crippen LogP contribution in [0.15, 0.2) is 47.4 Å². The Morgan fingerprint density at radius 2 is 1.65 bits per heavy atom. The van der Waals surface area contributed by atoms with Gasteiger partial charge in [0.05, 0.1) is 30.3 Å². The van der Waals surface area contributed by atoms with Crippen LogP contribution in [-0.2, 0) is 19.5 Å². The maximum atomic E-state index is 13.0. The molecule has 0 aromatic heterocycles. The van der Waals surface area contributed by atoms with Crippen LogP contribution in [0.25, 0.3) is 0 Å². The molecule has 1 aliphatic rings. The number of aryl methyl sites for hydroxylation is 1. The molecule has 2 aromatic rings. The summed E-state index contributed by atoms with van der Waals surface area (Å²) in [6.07, 6.45) is 0. The van der Waals surface area contributed by atoms with Crippen LogP contribution in [-0.4, -0.2) is 64.8 Å². The molecular weight excluding hydrogens is 422 g/mol. The second kappa shape index (κ2) is 10.6. The van der Waals surface area contributed by atoms with E-state index >= 15 is 0 Å². The molecule has 1 fully saturated rings. The summed E-state index contributed by atoms with van der Waals surface area (Å²) in [4.78, 5) is 12.5. The van der Waals surface area contributed by atoms with Crippen LogP contribution in [0.3, 0.4) is 0 Å². The van der Waals surface area contributed by atoms with Crippen LogP contribution in [0, 0.1) is 6.92 Å². The number of ether oxygens (including phenoxy) is 4. The average Bonchev–Trinajstić information content (AvgIpc) is 2.78. The molecule has 1 heterocycles. The molecule has 168 valence electrons. The van der Waals surface area contributed by atoms with Gasteiger partial charge in [-0.05, 0) is 55.8 Å². The van der Waals surface area contributed by atoms with Crippen molar-refractivity contribution in [1.82, 2.24) is 4.31 Å². The summed E-state index contributed by atoms with van der Waals surface area (Å²) in [5.41, 5.74) is 0.750. The number of sulfonamides is 1. The predicted octanol–water partition coefficient (Wildman–Crippen LogP) is 2.65. The second-order valence-electron chi connectivity index (χ2n) is 6.89. The van der Waals surface area contributed by atoms with Gasteiger partial charge >= 0.3 is 5.97 Å². The largest absolute Gasteiger partial charge is 0.494 e. The van der Waals surface area contributed by atoms with E-state index in [1.807, 2.05) is 6.92 Å². The van der Waals surface area contributed by atoms with Crippen LogP contribution in [0.2, 0.25) is 0 Å². The predicted molar refractivity (Wildman–Crippen MR) is 114 cm³/mol. The topological polar surface area (TPSA) is 91.4 Å². The zero-order valence-corrected chi connectivity index (χ0v) is 18.5. The van der Waals surface area contributed by atoms with Gasteiger partial charge in [0.15, 0.2) is 0 Å². The van der Waals surface area contributed by atoms with Crippen LogP contribution in [0.1, 0.15) is 22.8 Å². The van der Waals surface area contributed by atoms with Crippen molar-refractivity contribution < 1.29 is 32.2 Å². The minimum atomic E-state index is -3.71. The van der Waals surface area contributed by atoms with E-state index in [1.54, 1.807) is 43.3 Å². The van der Waals surface area contributed by atoms with E-state index in [-0.39, 0.29) is 23.7 Å². The number of carbonyl (C=O) groups is 1. The summed E-state index contributed by atoms with van der Waals surface area (Å²) in [5, 5.41) is 0. The molecule has 3 rings (SSSR count). The molecule has 1 saturated heterocycles. The van der Waals surface area contributed by atoms with Gasteiger partial charge in [-0.15, -0.1) is 0 Å². The average molecular weight is 450 g/mol. The molecule has 0 N–H and O–H groups in total. The summed E-state index contributed by atoms with van der Waals surface area (Å²) in [6.45, 7) is 5.70. The minimum absolute atomic E-state index is 0.0332. The molecule has 9 heteroatoms. The van der Waals surface area contributed by atoms with Gasteiger partial charge < -0.3 is 18.9 Å². The number of benzene rings is 2. The fraction of sp³-hybridized carbons (Fsp3) is 0.409. The van der Waals surface area contributed by atoms with Gasteiger partial charge in [-0.1, -0.05) is 6.07 Å². The summed E-state index contributed by atoms with van der Waals surface area (Å²) < 4.78 is 48.7. The lowest BCUT2D eigenvalue weighted by Gasteiger charge is -2.26. The Hall–Kier alpha value is -2.62. The van der Waals surface area contributed by atoms with Crippen molar-refractivity contribution in [3.63, 3.8) is 0 Å². The van der Waals surface area contributed by atoms with Gasteiger partial charge in [0.1, 0.15) is 24.7 Å². The van der Waals surface area contributed by atoms with Crippen molar-refractivity contribution in [1.29, 1.82) is 0 Å². The third-order valence-corrected chi connectivity index (χ3v) is 6.77. The van der Waals surface area contributed by atoms with Gasteiger partial charge in [-0.2, -0.15) is 4.31 Å². The Bertz CT molecular complexity index is 983. The highest BCUT2D eigenvalue weighted by molar-refractivity contribution is 7.89. The Balaban J connectivity index is 1.57. The highest BCUT2D eigenvalue weighted by atomic mass is 32.2. The zero-order chi connectivity index (χ0) is 22.3. The standard InChI is InChI=1S/C22H27NO7S/c1-3-28-19-6-8-20(9-7-19)29-14-15-30-22(24)18-5-4-17(2)21(16-18)31(25,26)23-10-12-27-13-11-23/h4-9,16H,3,10-15H2,1-2H3. The number of rotatable bonds is 9. The number of nitrogens with zero attached hydrogens (tertiary/aromatic N) is 1. The molecule has 2 aromatic carbocycles. The monoisotopic (exact) mass is 449 g/mol. The van der Waals surface area contributed by atoms with Gasteiger partial charge in [-0.3, -0.25) is 0 Å². The van der Waals surface area contributed by atoms with Crippen molar-refractivity contribution in [2.45, 2.75) is 18.7 Å². The molecule has 0 aliphatic carbocycles. The number of carbonyl (C=O) groups excluding carboxylic acids is 1. The first-order chi connectivity index (χ1) is 14.9. The summed E-state index contributed by atoms with van der Waals surface area (Å²) >= 11 is 0. The van der Waals surface area contributed by atoms with E-state index < -0.39 is 16.0 Å². The van der Waals surface area contributed by atoms with Gasteiger partial charge in [0.2, 0.25) is 10.0 Å². The number of hydrogen-bond acceptors (Lipinski definition) is 7. The number of morpholine rings is 1. The lowest BCUT2D eigenvalue weighted by atomic mass is 10.1. The van der Waals surface area contributed by atoms with E-state index in [2.05, 4.69) is 0 Å². The van der Waals surface area contributed by atoms with Crippen molar-refractivity contribution in [3.8, 4) is 11.5 Å². The zero-order valence-electron chi connectivity index (χ0n) is 17.7. The molecule has 0 spiro atoms. The maximum absolute atomic E-state index is 13.0. The first-order valence-corrected chi connectivity index (χ1v) is 11.6. The highest BCUT2D eigenvalue weighted by Crippen LogP contribution is 2.23. The SMILES string of the molecule is CCOc1ccc(OCCOC(=O)c2ccc(C)c(S(=O)(=O)N3CCOCC3)c2)cc1. The van der Waals surface area contributed by atoms with Gasteiger partial charge in [0.25, 0.3) is 0 Å². The van der Waals surface area contributed by atoms with Crippen molar-refractivity contribution in [2.75, 3.05) is 46.1 Å². The normalized spacial score (nSPS) is 14.8. The van der Waals surface area contributed by atoms with Crippen molar-refractivity contribution in [3.05, 3.63) is 53.6 Å².